The van der Waals surface area contributed by atoms with Crippen molar-refractivity contribution in [1.29, 1.82) is 0 Å². The Balaban J connectivity index is 2.29. The Kier molecular flexibility index (Phi) is 4.17. The van der Waals surface area contributed by atoms with E-state index in [1.54, 1.807) is 12.2 Å². The number of hydrogen-bond acceptors (Lipinski definition) is 3. The van der Waals surface area contributed by atoms with E-state index in [4.69, 9.17) is 9.84 Å². The van der Waals surface area contributed by atoms with Gasteiger partial charge in [-0.25, -0.2) is 0 Å². The topological polar surface area (TPSA) is 58.6 Å². The standard InChI is InChI=1S/C13H12BrNO3/c14-11-1-2-12-10(8-11)7-9(3-6-18-12)13(17)15-4-5-16/h1-3,6-8,16H,4-5H2,(H,15,17). The Morgan fingerprint density at radius 2 is 2.28 bits per heavy atom. The number of halogens is 1. The monoisotopic (exact) mass is 309 g/mol. The number of amides is 1. The van der Waals surface area contributed by atoms with Gasteiger partial charge in [-0.15, -0.1) is 0 Å². The molecular weight excluding hydrogens is 298 g/mol. The summed E-state index contributed by atoms with van der Waals surface area (Å²) in [6.45, 7) is 0.150. The van der Waals surface area contributed by atoms with Crippen molar-refractivity contribution in [3.8, 4) is 5.75 Å². The van der Waals surface area contributed by atoms with Crippen LogP contribution >= 0.6 is 15.9 Å². The van der Waals surface area contributed by atoms with Gasteiger partial charge in [-0.3, -0.25) is 4.79 Å². The lowest BCUT2D eigenvalue weighted by molar-refractivity contribution is -0.117. The molecule has 0 aliphatic carbocycles. The van der Waals surface area contributed by atoms with Gasteiger partial charge in [-0.1, -0.05) is 15.9 Å². The Bertz CT molecular complexity index is 523. The molecule has 5 heteroatoms. The smallest absolute Gasteiger partial charge is 0.251 e. The fraction of sp³-hybridized carbons (Fsp3) is 0.154. The predicted octanol–water partition coefficient (Wildman–Crippen LogP) is 1.85. The number of nitrogens with one attached hydrogen (secondary N) is 1. The Morgan fingerprint density at radius 3 is 3.06 bits per heavy atom. The number of benzene rings is 1. The Hall–Kier alpha value is -1.59. The second-order valence-electron chi connectivity index (χ2n) is 3.68. The van der Waals surface area contributed by atoms with Crippen molar-refractivity contribution in [1.82, 2.24) is 5.32 Å². The van der Waals surface area contributed by atoms with Crippen LogP contribution in [-0.2, 0) is 4.79 Å². The quantitative estimate of drug-likeness (QED) is 0.896. The number of carbonyl (C=O) groups excluding carboxylic acids is 1. The lowest BCUT2D eigenvalue weighted by atomic mass is 10.1. The highest BCUT2D eigenvalue weighted by Gasteiger charge is 2.11. The maximum Gasteiger partial charge on any atom is 0.251 e. The molecular formula is C13H12BrNO3. The molecule has 0 fully saturated rings. The van der Waals surface area contributed by atoms with Crippen LogP contribution in [-0.4, -0.2) is 24.2 Å². The molecule has 0 atom stereocenters. The van der Waals surface area contributed by atoms with Crippen LogP contribution in [0.15, 0.2) is 40.6 Å². The van der Waals surface area contributed by atoms with Crippen molar-refractivity contribution >= 4 is 27.9 Å². The molecule has 1 aliphatic rings. The summed E-state index contributed by atoms with van der Waals surface area (Å²) in [7, 11) is 0. The largest absolute Gasteiger partial charge is 0.464 e. The number of carbonyl (C=O) groups is 1. The van der Waals surface area contributed by atoms with Crippen LogP contribution < -0.4 is 10.1 Å². The van der Waals surface area contributed by atoms with Crippen LogP contribution in [0.25, 0.3) is 6.08 Å². The zero-order chi connectivity index (χ0) is 13.0. The van der Waals surface area contributed by atoms with E-state index in [9.17, 15) is 4.79 Å². The van der Waals surface area contributed by atoms with E-state index >= 15 is 0 Å². The van der Waals surface area contributed by atoms with Gasteiger partial charge in [0.15, 0.2) is 0 Å². The molecule has 1 heterocycles. The highest BCUT2D eigenvalue weighted by atomic mass is 79.9. The summed E-state index contributed by atoms with van der Waals surface area (Å²) in [5.41, 5.74) is 1.31. The van der Waals surface area contributed by atoms with E-state index in [-0.39, 0.29) is 19.1 Å². The van der Waals surface area contributed by atoms with Gasteiger partial charge in [0.25, 0.3) is 5.91 Å². The van der Waals surface area contributed by atoms with Gasteiger partial charge in [0, 0.05) is 22.2 Å². The van der Waals surface area contributed by atoms with Crippen LogP contribution in [0.4, 0.5) is 0 Å². The van der Waals surface area contributed by atoms with Gasteiger partial charge in [0.05, 0.1) is 12.9 Å². The molecule has 94 valence electrons. The first-order valence-corrected chi connectivity index (χ1v) is 6.23. The lowest BCUT2D eigenvalue weighted by Gasteiger charge is -2.04. The van der Waals surface area contributed by atoms with Crippen molar-refractivity contribution in [3.05, 3.63) is 46.1 Å². The summed E-state index contributed by atoms with van der Waals surface area (Å²) in [6, 6.07) is 5.58. The number of rotatable bonds is 3. The first-order chi connectivity index (χ1) is 8.70. The molecule has 0 spiro atoms. The molecule has 2 rings (SSSR count). The highest BCUT2D eigenvalue weighted by Crippen LogP contribution is 2.27. The average molecular weight is 310 g/mol. The minimum atomic E-state index is -0.239. The van der Waals surface area contributed by atoms with Crippen LogP contribution in [0.2, 0.25) is 0 Å². The molecule has 18 heavy (non-hydrogen) atoms. The first kappa shape index (κ1) is 12.9. The van der Waals surface area contributed by atoms with Gasteiger partial charge in [-0.2, -0.15) is 0 Å². The second kappa shape index (κ2) is 5.84. The molecule has 0 saturated heterocycles. The van der Waals surface area contributed by atoms with Gasteiger partial charge < -0.3 is 15.2 Å². The minimum Gasteiger partial charge on any atom is -0.464 e. The molecule has 1 amide bonds. The van der Waals surface area contributed by atoms with Crippen molar-refractivity contribution < 1.29 is 14.6 Å². The van der Waals surface area contributed by atoms with Crippen molar-refractivity contribution in [2.45, 2.75) is 0 Å². The molecule has 0 saturated carbocycles. The summed E-state index contributed by atoms with van der Waals surface area (Å²) in [5.74, 6) is 0.455. The van der Waals surface area contributed by atoms with E-state index in [0.717, 1.165) is 10.0 Å². The fourth-order valence-electron chi connectivity index (χ4n) is 1.55. The Morgan fingerprint density at radius 1 is 1.44 bits per heavy atom. The maximum atomic E-state index is 11.8. The summed E-state index contributed by atoms with van der Waals surface area (Å²) < 4.78 is 6.32. The van der Waals surface area contributed by atoms with E-state index < -0.39 is 0 Å². The third kappa shape index (κ3) is 3.00. The molecule has 0 bridgehead atoms. The van der Waals surface area contributed by atoms with Crippen LogP contribution in [0.3, 0.4) is 0 Å². The number of fused-ring (bicyclic) bond motifs is 1. The van der Waals surface area contributed by atoms with Crippen LogP contribution in [0, 0.1) is 0 Å². The zero-order valence-electron chi connectivity index (χ0n) is 9.52. The molecule has 4 nitrogen and oxygen atoms in total. The first-order valence-electron chi connectivity index (χ1n) is 5.44. The second-order valence-corrected chi connectivity index (χ2v) is 4.60. The van der Waals surface area contributed by atoms with Crippen LogP contribution in [0.1, 0.15) is 5.56 Å². The average Bonchev–Trinajstić information content (AvgIpc) is 2.57. The SMILES string of the molecule is O=C(NCCO)C1=Cc2cc(Br)ccc2OC=C1. The van der Waals surface area contributed by atoms with Crippen molar-refractivity contribution in [2.24, 2.45) is 0 Å². The van der Waals surface area contributed by atoms with Gasteiger partial charge in [-0.05, 0) is 30.4 Å². The van der Waals surface area contributed by atoms with Gasteiger partial charge >= 0.3 is 0 Å². The Labute approximate surface area is 113 Å². The predicted molar refractivity (Wildman–Crippen MR) is 72.0 cm³/mol. The van der Waals surface area contributed by atoms with Crippen LogP contribution in [0.5, 0.6) is 5.75 Å². The third-order valence-electron chi connectivity index (χ3n) is 2.38. The fourth-order valence-corrected chi connectivity index (χ4v) is 1.93. The minimum absolute atomic E-state index is 0.0820. The van der Waals surface area contributed by atoms with E-state index in [2.05, 4.69) is 21.2 Å². The summed E-state index contributed by atoms with van der Waals surface area (Å²) in [6.07, 6.45) is 4.82. The maximum absolute atomic E-state index is 11.8. The van der Waals surface area contributed by atoms with E-state index in [1.807, 2.05) is 18.2 Å². The molecule has 2 N–H and O–H groups in total. The highest BCUT2D eigenvalue weighted by molar-refractivity contribution is 9.10. The molecule has 0 radical (unpaired) electrons. The zero-order valence-corrected chi connectivity index (χ0v) is 11.1. The molecule has 0 unspecified atom stereocenters. The van der Waals surface area contributed by atoms with Crippen molar-refractivity contribution in [2.75, 3.05) is 13.2 Å². The summed E-state index contributed by atoms with van der Waals surface area (Å²) >= 11 is 3.38. The lowest BCUT2D eigenvalue weighted by Crippen LogP contribution is -2.27. The third-order valence-corrected chi connectivity index (χ3v) is 2.88. The van der Waals surface area contributed by atoms with E-state index in [0.29, 0.717) is 11.3 Å². The number of aliphatic hydroxyl groups is 1. The summed E-state index contributed by atoms with van der Waals surface area (Å²) in [5, 5.41) is 11.3. The molecule has 1 aromatic carbocycles. The number of aliphatic hydroxyl groups excluding tert-OH is 1. The summed E-state index contributed by atoms with van der Waals surface area (Å²) in [4.78, 5) is 11.8. The van der Waals surface area contributed by atoms with Gasteiger partial charge in [0.2, 0.25) is 0 Å². The van der Waals surface area contributed by atoms with Gasteiger partial charge in [0.1, 0.15) is 5.75 Å². The normalized spacial score (nSPS) is 13.1. The number of ether oxygens (including phenoxy) is 1. The molecule has 1 aliphatic heterocycles. The number of hydrogen-bond donors (Lipinski definition) is 2. The van der Waals surface area contributed by atoms with E-state index in [1.165, 1.54) is 6.26 Å². The molecule has 0 aromatic heterocycles. The molecule has 1 aromatic rings. The van der Waals surface area contributed by atoms with Crippen molar-refractivity contribution in [3.63, 3.8) is 0 Å².